The highest BCUT2D eigenvalue weighted by molar-refractivity contribution is 5.94. The van der Waals surface area contributed by atoms with E-state index in [1.807, 2.05) is 36.1 Å². The Morgan fingerprint density at radius 3 is 2.41 bits per heavy atom. The van der Waals surface area contributed by atoms with Crippen LogP contribution in [-0.2, 0) is 11.3 Å². The first-order valence-corrected chi connectivity index (χ1v) is 10.2. The summed E-state index contributed by atoms with van der Waals surface area (Å²) in [5.74, 6) is 0.106. The van der Waals surface area contributed by atoms with E-state index in [4.69, 9.17) is 0 Å². The highest BCUT2D eigenvalue weighted by atomic mass is 16.2. The van der Waals surface area contributed by atoms with Gasteiger partial charge in [0.2, 0.25) is 5.91 Å². The van der Waals surface area contributed by atoms with E-state index in [1.54, 1.807) is 0 Å². The fourth-order valence-corrected chi connectivity index (χ4v) is 3.32. The summed E-state index contributed by atoms with van der Waals surface area (Å²) in [5, 5.41) is 2.86. The highest BCUT2D eigenvalue weighted by Crippen LogP contribution is 2.11. The summed E-state index contributed by atoms with van der Waals surface area (Å²) >= 11 is 0. The normalized spacial score (nSPS) is 15.2. The van der Waals surface area contributed by atoms with Gasteiger partial charge in [-0.15, -0.1) is 0 Å². The predicted octanol–water partition coefficient (Wildman–Crippen LogP) is 1.81. The summed E-state index contributed by atoms with van der Waals surface area (Å²) in [4.78, 5) is 31.1. The van der Waals surface area contributed by atoms with Crippen LogP contribution in [0.15, 0.2) is 24.3 Å². The maximum atomic E-state index is 12.8. The lowest BCUT2D eigenvalue weighted by molar-refractivity contribution is -0.120. The molecule has 2 amide bonds. The van der Waals surface area contributed by atoms with Crippen LogP contribution < -0.4 is 5.32 Å². The molecule has 0 aliphatic carbocycles. The Labute approximate surface area is 163 Å². The fraction of sp³-hybridized carbons (Fsp3) is 0.619. The molecular formula is C21H34N4O2. The minimum Gasteiger partial charge on any atom is -0.352 e. The van der Waals surface area contributed by atoms with Gasteiger partial charge >= 0.3 is 0 Å². The molecule has 27 heavy (non-hydrogen) atoms. The molecule has 1 fully saturated rings. The molecule has 1 aromatic rings. The van der Waals surface area contributed by atoms with Gasteiger partial charge in [0.1, 0.15) is 0 Å². The molecule has 6 heteroatoms. The van der Waals surface area contributed by atoms with Gasteiger partial charge in [-0.25, -0.2) is 0 Å². The van der Waals surface area contributed by atoms with Gasteiger partial charge in [-0.05, 0) is 30.8 Å². The van der Waals surface area contributed by atoms with Gasteiger partial charge in [0.05, 0.1) is 0 Å². The third-order valence-corrected chi connectivity index (χ3v) is 5.27. The van der Waals surface area contributed by atoms with E-state index in [1.165, 1.54) is 0 Å². The molecule has 6 nitrogen and oxygen atoms in total. The number of likely N-dealkylation sites (N-methyl/N-ethyl adjacent to an activating group) is 1. The summed E-state index contributed by atoms with van der Waals surface area (Å²) in [6.07, 6.45) is 0.469. The third kappa shape index (κ3) is 6.63. The third-order valence-electron chi connectivity index (χ3n) is 5.27. The van der Waals surface area contributed by atoms with Crippen LogP contribution in [0.3, 0.4) is 0 Å². The molecule has 0 bridgehead atoms. The number of nitrogens with one attached hydrogen (secondary N) is 1. The molecule has 1 aliphatic heterocycles. The van der Waals surface area contributed by atoms with Crippen LogP contribution in [0.1, 0.15) is 43.1 Å². The molecule has 0 atom stereocenters. The van der Waals surface area contributed by atoms with Crippen molar-refractivity contribution >= 4 is 11.8 Å². The van der Waals surface area contributed by atoms with Crippen LogP contribution in [0.5, 0.6) is 0 Å². The molecule has 1 heterocycles. The molecule has 0 spiro atoms. The number of hydrogen-bond acceptors (Lipinski definition) is 4. The van der Waals surface area contributed by atoms with Crippen LogP contribution >= 0.6 is 0 Å². The molecule has 1 aromatic carbocycles. The number of carbonyl (C=O) groups is 2. The zero-order valence-corrected chi connectivity index (χ0v) is 17.0. The first-order chi connectivity index (χ1) is 13.1. The Balaban J connectivity index is 1.84. The average Bonchev–Trinajstić information content (AvgIpc) is 2.72. The van der Waals surface area contributed by atoms with Crippen molar-refractivity contribution in [3.05, 3.63) is 35.4 Å². The lowest BCUT2D eigenvalue weighted by Gasteiger charge is -2.35. The van der Waals surface area contributed by atoms with E-state index in [0.29, 0.717) is 18.5 Å². The molecule has 0 aromatic heterocycles. The largest absolute Gasteiger partial charge is 0.352 e. The summed E-state index contributed by atoms with van der Waals surface area (Å²) in [5.41, 5.74) is 1.66. The molecule has 150 valence electrons. The second-order valence-corrected chi connectivity index (χ2v) is 6.99. The molecule has 1 N–H and O–H groups in total. The fourth-order valence-electron chi connectivity index (χ4n) is 3.32. The van der Waals surface area contributed by atoms with Gasteiger partial charge in [0.25, 0.3) is 5.91 Å². The first-order valence-electron chi connectivity index (χ1n) is 10.2. The standard InChI is InChI=1S/C21H34N4O2/c1-4-20(26)22-17-18-8-7-9-19(16-18)21(27)25-14-12-24(13-15-25)11-10-23(5-2)6-3/h7-9,16H,4-6,10-15,17H2,1-3H3,(H,22,26). The molecular weight excluding hydrogens is 340 g/mol. The number of rotatable bonds is 9. The van der Waals surface area contributed by atoms with Gasteiger partial charge in [0, 0.05) is 57.8 Å². The minimum absolute atomic E-state index is 0.0209. The molecule has 1 aliphatic rings. The van der Waals surface area contributed by atoms with E-state index in [-0.39, 0.29) is 11.8 Å². The number of piperazine rings is 1. The molecule has 1 saturated heterocycles. The van der Waals surface area contributed by atoms with Crippen molar-refractivity contribution in [1.29, 1.82) is 0 Å². The van der Waals surface area contributed by atoms with Gasteiger partial charge < -0.3 is 15.1 Å². The second kappa shape index (κ2) is 11.0. The zero-order valence-electron chi connectivity index (χ0n) is 17.0. The molecule has 0 saturated carbocycles. The van der Waals surface area contributed by atoms with E-state index in [2.05, 4.69) is 29.0 Å². The second-order valence-electron chi connectivity index (χ2n) is 6.99. The van der Waals surface area contributed by atoms with E-state index in [0.717, 1.165) is 57.9 Å². The monoisotopic (exact) mass is 374 g/mol. The van der Waals surface area contributed by atoms with Crippen molar-refractivity contribution in [2.75, 3.05) is 52.4 Å². The lowest BCUT2D eigenvalue weighted by atomic mass is 10.1. The maximum absolute atomic E-state index is 12.8. The van der Waals surface area contributed by atoms with Crippen molar-refractivity contribution in [3.8, 4) is 0 Å². The van der Waals surface area contributed by atoms with Gasteiger partial charge in [-0.1, -0.05) is 32.9 Å². The highest BCUT2D eigenvalue weighted by Gasteiger charge is 2.22. The van der Waals surface area contributed by atoms with E-state index < -0.39 is 0 Å². The summed E-state index contributed by atoms with van der Waals surface area (Å²) < 4.78 is 0. The van der Waals surface area contributed by atoms with Gasteiger partial charge in [0.15, 0.2) is 0 Å². The zero-order chi connectivity index (χ0) is 19.6. The number of carbonyl (C=O) groups excluding carboxylic acids is 2. The lowest BCUT2D eigenvalue weighted by Crippen LogP contribution is -2.50. The Bertz CT molecular complexity index is 608. The predicted molar refractivity (Wildman–Crippen MR) is 109 cm³/mol. The number of benzene rings is 1. The van der Waals surface area contributed by atoms with E-state index in [9.17, 15) is 9.59 Å². The van der Waals surface area contributed by atoms with Gasteiger partial charge in [-0.2, -0.15) is 0 Å². The molecule has 0 unspecified atom stereocenters. The summed E-state index contributed by atoms with van der Waals surface area (Å²) in [6.45, 7) is 14.4. The van der Waals surface area contributed by atoms with Crippen LogP contribution in [-0.4, -0.2) is 78.9 Å². The van der Waals surface area contributed by atoms with Gasteiger partial charge in [-0.3, -0.25) is 14.5 Å². The summed E-state index contributed by atoms with van der Waals surface area (Å²) in [7, 11) is 0. The van der Waals surface area contributed by atoms with Crippen LogP contribution in [0.25, 0.3) is 0 Å². The Hall–Kier alpha value is -1.92. The van der Waals surface area contributed by atoms with Crippen molar-refractivity contribution < 1.29 is 9.59 Å². The van der Waals surface area contributed by atoms with Crippen LogP contribution in [0.2, 0.25) is 0 Å². The van der Waals surface area contributed by atoms with Crippen LogP contribution in [0, 0.1) is 0 Å². The van der Waals surface area contributed by atoms with E-state index >= 15 is 0 Å². The quantitative estimate of drug-likeness (QED) is 0.716. The van der Waals surface area contributed by atoms with Crippen molar-refractivity contribution in [3.63, 3.8) is 0 Å². The summed E-state index contributed by atoms with van der Waals surface area (Å²) in [6, 6.07) is 7.59. The Morgan fingerprint density at radius 1 is 1.07 bits per heavy atom. The average molecular weight is 375 g/mol. The minimum atomic E-state index is 0.0209. The van der Waals surface area contributed by atoms with Crippen molar-refractivity contribution in [2.45, 2.75) is 33.7 Å². The Morgan fingerprint density at radius 2 is 1.78 bits per heavy atom. The van der Waals surface area contributed by atoms with Crippen molar-refractivity contribution in [2.24, 2.45) is 0 Å². The Kier molecular flexibility index (Phi) is 8.75. The van der Waals surface area contributed by atoms with Crippen molar-refractivity contribution in [1.82, 2.24) is 20.0 Å². The number of nitrogens with zero attached hydrogens (tertiary/aromatic N) is 3. The maximum Gasteiger partial charge on any atom is 0.253 e. The molecule has 2 rings (SSSR count). The first kappa shape index (κ1) is 21.4. The topological polar surface area (TPSA) is 55.9 Å². The number of amides is 2. The SMILES string of the molecule is CCC(=O)NCc1cccc(C(=O)N2CCN(CCN(CC)CC)CC2)c1. The molecule has 0 radical (unpaired) electrons. The smallest absolute Gasteiger partial charge is 0.253 e. The van der Waals surface area contributed by atoms with Crippen LogP contribution in [0.4, 0.5) is 0 Å². The number of hydrogen-bond donors (Lipinski definition) is 1.